The molecule has 0 saturated carbocycles. The Morgan fingerprint density at radius 1 is 1.35 bits per heavy atom. The largest absolute Gasteiger partial charge is 0.481 e. The van der Waals surface area contributed by atoms with Crippen molar-refractivity contribution in [2.45, 2.75) is 26.3 Å². The maximum atomic E-state index is 11.6. The molecule has 0 bridgehead atoms. The van der Waals surface area contributed by atoms with E-state index in [-0.39, 0.29) is 18.9 Å². The Morgan fingerprint density at radius 3 is 2.24 bits per heavy atom. The van der Waals surface area contributed by atoms with Gasteiger partial charge in [-0.05, 0) is 5.92 Å². The van der Waals surface area contributed by atoms with Crippen LogP contribution in [0.5, 0.6) is 0 Å². The van der Waals surface area contributed by atoms with E-state index >= 15 is 0 Å². The Labute approximate surface area is 100.0 Å². The fourth-order valence-electron chi connectivity index (χ4n) is 1.22. The highest BCUT2D eigenvalue weighted by Gasteiger charge is 2.21. The number of hydrogen-bond acceptors (Lipinski definition) is 3. The molecule has 0 aliphatic rings. The van der Waals surface area contributed by atoms with Crippen LogP contribution in [-0.2, 0) is 9.59 Å². The quantitative estimate of drug-likeness (QED) is 0.591. The number of nitrogens with two attached hydrogens (primary N) is 1. The van der Waals surface area contributed by atoms with Crippen LogP contribution in [0.4, 0.5) is 4.79 Å². The summed E-state index contributed by atoms with van der Waals surface area (Å²) in [5, 5.41) is 11.2. The molecule has 0 heterocycles. The van der Waals surface area contributed by atoms with E-state index in [4.69, 9.17) is 10.8 Å². The first kappa shape index (κ1) is 15.2. The summed E-state index contributed by atoms with van der Waals surface area (Å²) in [6.45, 7) is 3.41. The van der Waals surface area contributed by atoms with E-state index in [1.807, 2.05) is 13.8 Å². The molecule has 7 nitrogen and oxygen atoms in total. The van der Waals surface area contributed by atoms with Crippen LogP contribution in [0.2, 0.25) is 0 Å². The van der Waals surface area contributed by atoms with Crippen molar-refractivity contribution in [1.82, 2.24) is 10.2 Å². The molecule has 0 rings (SSSR count). The second kappa shape index (κ2) is 6.72. The van der Waals surface area contributed by atoms with Crippen LogP contribution < -0.4 is 11.1 Å². The molecule has 1 atom stereocenters. The molecular formula is C10H19N3O4. The molecule has 0 saturated heterocycles. The highest BCUT2D eigenvalue weighted by Crippen LogP contribution is 2.06. The average molecular weight is 245 g/mol. The molecule has 17 heavy (non-hydrogen) atoms. The molecule has 0 aromatic heterocycles. The Kier molecular flexibility index (Phi) is 6.01. The van der Waals surface area contributed by atoms with Crippen molar-refractivity contribution in [3.8, 4) is 0 Å². The van der Waals surface area contributed by atoms with Crippen LogP contribution in [-0.4, -0.2) is 47.5 Å². The Bertz CT molecular complexity index is 304. The minimum atomic E-state index is -0.985. The predicted molar refractivity (Wildman–Crippen MR) is 61.2 cm³/mol. The van der Waals surface area contributed by atoms with Crippen LogP contribution in [0.3, 0.4) is 0 Å². The number of primary amides is 1. The summed E-state index contributed by atoms with van der Waals surface area (Å²) >= 11 is 0. The molecule has 7 heteroatoms. The first-order valence-corrected chi connectivity index (χ1v) is 5.25. The number of urea groups is 1. The smallest absolute Gasteiger partial charge is 0.317 e. The van der Waals surface area contributed by atoms with Gasteiger partial charge in [-0.1, -0.05) is 13.8 Å². The molecule has 0 aliphatic heterocycles. The van der Waals surface area contributed by atoms with E-state index in [1.165, 1.54) is 7.05 Å². The summed E-state index contributed by atoms with van der Waals surface area (Å²) in [6.07, 6.45) is -0.159. The van der Waals surface area contributed by atoms with E-state index < -0.39 is 23.9 Å². The maximum Gasteiger partial charge on any atom is 0.317 e. The number of carbonyl (C=O) groups excluding carboxylic acids is 2. The van der Waals surface area contributed by atoms with E-state index in [0.29, 0.717) is 0 Å². The first-order chi connectivity index (χ1) is 7.73. The van der Waals surface area contributed by atoms with Crippen LogP contribution >= 0.6 is 0 Å². The molecule has 0 spiro atoms. The van der Waals surface area contributed by atoms with Gasteiger partial charge in [0, 0.05) is 13.1 Å². The topological polar surface area (TPSA) is 113 Å². The summed E-state index contributed by atoms with van der Waals surface area (Å²) < 4.78 is 0. The normalized spacial score (nSPS) is 12.0. The summed E-state index contributed by atoms with van der Waals surface area (Å²) in [6, 6.07) is -0.987. The van der Waals surface area contributed by atoms with Gasteiger partial charge in [0.25, 0.3) is 0 Å². The molecule has 3 amide bonds. The van der Waals surface area contributed by atoms with Crippen LogP contribution in [0.25, 0.3) is 0 Å². The van der Waals surface area contributed by atoms with E-state index in [1.54, 1.807) is 0 Å². The third kappa shape index (κ3) is 6.39. The lowest BCUT2D eigenvalue weighted by atomic mass is 10.0. The van der Waals surface area contributed by atoms with Crippen molar-refractivity contribution in [3.63, 3.8) is 0 Å². The molecule has 0 aromatic rings. The standard InChI is InChI=1S/C10H19N3O4/c1-6(2)7(4-9(15)16)12-10(17)13(3)5-8(11)14/h6-7H,4-5H2,1-3H3,(H2,11,14)(H,12,17)(H,15,16). The SMILES string of the molecule is CC(C)C(CC(=O)O)NC(=O)N(C)CC(N)=O. The van der Waals surface area contributed by atoms with Crippen molar-refractivity contribution < 1.29 is 19.5 Å². The number of likely N-dealkylation sites (N-methyl/N-ethyl adjacent to an activating group) is 1. The van der Waals surface area contributed by atoms with Gasteiger partial charge < -0.3 is 21.1 Å². The van der Waals surface area contributed by atoms with Gasteiger partial charge in [0.15, 0.2) is 0 Å². The van der Waals surface area contributed by atoms with Crippen LogP contribution in [0, 0.1) is 5.92 Å². The molecule has 1 unspecified atom stereocenters. The lowest BCUT2D eigenvalue weighted by molar-refractivity contribution is -0.137. The second-order valence-corrected chi connectivity index (χ2v) is 4.22. The van der Waals surface area contributed by atoms with E-state index in [2.05, 4.69) is 5.32 Å². The molecule has 0 fully saturated rings. The van der Waals surface area contributed by atoms with E-state index in [0.717, 1.165) is 4.90 Å². The number of nitrogens with one attached hydrogen (secondary N) is 1. The second-order valence-electron chi connectivity index (χ2n) is 4.22. The van der Waals surface area contributed by atoms with Gasteiger partial charge in [-0.2, -0.15) is 0 Å². The third-order valence-corrected chi connectivity index (χ3v) is 2.25. The van der Waals surface area contributed by atoms with Crippen molar-refractivity contribution in [2.24, 2.45) is 11.7 Å². The predicted octanol–water partition coefficient (Wildman–Crippen LogP) is -0.388. The fourth-order valence-corrected chi connectivity index (χ4v) is 1.22. The number of nitrogens with zero attached hydrogens (tertiary/aromatic N) is 1. The molecule has 0 radical (unpaired) electrons. The first-order valence-electron chi connectivity index (χ1n) is 5.25. The molecule has 0 aliphatic carbocycles. The highest BCUT2D eigenvalue weighted by molar-refractivity contribution is 5.83. The molecule has 98 valence electrons. The minimum absolute atomic E-state index is 0.0166. The average Bonchev–Trinajstić information content (AvgIpc) is 2.14. The fraction of sp³-hybridized carbons (Fsp3) is 0.700. The lowest BCUT2D eigenvalue weighted by Crippen LogP contribution is -2.48. The number of carboxylic acid groups (broad SMARTS) is 1. The summed E-state index contributed by atoms with van der Waals surface area (Å²) in [4.78, 5) is 33.9. The third-order valence-electron chi connectivity index (χ3n) is 2.25. The number of rotatable bonds is 6. The van der Waals surface area contributed by atoms with Crippen molar-refractivity contribution in [1.29, 1.82) is 0 Å². The number of amides is 3. The molecule has 4 N–H and O–H groups in total. The zero-order chi connectivity index (χ0) is 13.6. The Hall–Kier alpha value is -1.79. The van der Waals surface area contributed by atoms with Gasteiger partial charge in [-0.15, -0.1) is 0 Å². The maximum absolute atomic E-state index is 11.6. The summed E-state index contributed by atoms with van der Waals surface area (Å²) in [5.74, 6) is -1.62. The lowest BCUT2D eigenvalue weighted by Gasteiger charge is -2.24. The number of carbonyl (C=O) groups is 3. The summed E-state index contributed by atoms with van der Waals surface area (Å²) in [7, 11) is 1.41. The highest BCUT2D eigenvalue weighted by atomic mass is 16.4. The van der Waals surface area contributed by atoms with Gasteiger partial charge in [0.2, 0.25) is 5.91 Å². The summed E-state index contributed by atoms with van der Waals surface area (Å²) in [5.41, 5.74) is 4.95. The minimum Gasteiger partial charge on any atom is -0.481 e. The number of hydrogen-bond donors (Lipinski definition) is 3. The van der Waals surface area contributed by atoms with Gasteiger partial charge in [-0.25, -0.2) is 4.79 Å². The Morgan fingerprint density at radius 2 is 1.88 bits per heavy atom. The van der Waals surface area contributed by atoms with Gasteiger partial charge in [0.1, 0.15) is 6.54 Å². The zero-order valence-corrected chi connectivity index (χ0v) is 10.3. The van der Waals surface area contributed by atoms with Crippen molar-refractivity contribution in [3.05, 3.63) is 0 Å². The van der Waals surface area contributed by atoms with Gasteiger partial charge in [-0.3, -0.25) is 9.59 Å². The molecule has 0 aromatic carbocycles. The zero-order valence-electron chi connectivity index (χ0n) is 10.3. The Balaban J connectivity index is 4.39. The van der Waals surface area contributed by atoms with Crippen molar-refractivity contribution in [2.75, 3.05) is 13.6 Å². The van der Waals surface area contributed by atoms with E-state index in [9.17, 15) is 14.4 Å². The van der Waals surface area contributed by atoms with Crippen molar-refractivity contribution >= 4 is 17.9 Å². The number of carboxylic acids is 1. The number of aliphatic carboxylic acids is 1. The van der Waals surface area contributed by atoms with Gasteiger partial charge >= 0.3 is 12.0 Å². The van der Waals surface area contributed by atoms with Crippen LogP contribution in [0.1, 0.15) is 20.3 Å². The molecular weight excluding hydrogens is 226 g/mol. The monoisotopic (exact) mass is 245 g/mol. The van der Waals surface area contributed by atoms with Crippen LogP contribution in [0.15, 0.2) is 0 Å². The van der Waals surface area contributed by atoms with Gasteiger partial charge in [0.05, 0.1) is 6.42 Å².